The minimum Gasteiger partial charge on any atom is -0.374 e. The van der Waals surface area contributed by atoms with Crippen LogP contribution in [-0.4, -0.2) is 24.8 Å². The molecule has 5 heteroatoms. The molecule has 1 unspecified atom stereocenters. The first-order valence-electron chi connectivity index (χ1n) is 8.25. The Labute approximate surface area is 153 Å². The molecule has 0 saturated heterocycles. The molecule has 0 spiro atoms. The normalized spacial score (nSPS) is 11.5. The van der Waals surface area contributed by atoms with Gasteiger partial charge in [0, 0.05) is 18.0 Å². The first-order valence-corrected chi connectivity index (χ1v) is 9.24. The summed E-state index contributed by atoms with van der Waals surface area (Å²) in [5, 5.41) is 11.7. The Kier molecular flexibility index (Phi) is 8.03. The third kappa shape index (κ3) is 7.00. The van der Waals surface area contributed by atoms with Gasteiger partial charge in [-0.25, -0.2) is 0 Å². The van der Waals surface area contributed by atoms with Gasteiger partial charge in [0.05, 0.1) is 23.5 Å². The minimum atomic E-state index is 0.00506. The van der Waals surface area contributed by atoms with E-state index >= 15 is 0 Å². The van der Waals surface area contributed by atoms with E-state index in [1.165, 1.54) is 11.8 Å². The fourth-order valence-electron chi connectivity index (χ4n) is 2.21. The maximum atomic E-state index is 11.8. The third-order valence-corrected chi connectivity index (χ3v) is 4.65. The van der Waals surface area contributed by atoms with E-state index in [1.54, 1.807) is 12.1 Å². The number of hydrogen-bond donors (Lipinski definition) is 1. The molecule has 0 aliphatic rings. The zero-order valence-electron chi connectivity index (χ0n) is 14.3. The van der Waals surface area contributed by atoms with Gasteiger partial charge in [-0.2, -0.15) is 5.26 Å². The highest BCUT2D eigenvalue weighted by Crippen LogP contribution is 2.18. The lowest BCUT2D eigenvalue weighted by Crippen LogP contribution is -2.27. The fourth-order valence-corrected chi connectivity index (χ4v) is 2.93. The zero-order valence-corrected chi connectivity index (χ0v) is 15.1. The van der Waals surface area contributed by atoms with Gasteiger partial charge < -0.3 is 10.1 Å². The Morgan fingerprint density at radius 1 is 1.20 bits per heavy atom. The largest absolute Gasteiger partial charge is 0.374 e. The van der Waals surface area contributed by atoms with E-state index in [0.717, 1.165) is 16.9 Å². The summed E-state index contributed by atoms with van der Waals surface area (Å²) in [4.78, 5) is 12.8. The summed E-state index contributed by atoms with van der Waals surface area (Å²) < 4.78 is 5.78. The average molecular weight is 354 g/mol. The quantitative estimate of drug-likeness (QED) is 0.547. The van der Waals surface area contributed by atoms with Crippen LogP contribution in [0.1, 0.15) is 30.6 Å². The van der Waals surface area contributed by atoms with Crippen LogP contribution in [0.15, 0.2) is 59.5 Å². The molecule has 130 valence electrons. The van der Waals surface area contributed by atoms with Crippen molar-refractivity contribution >= 4 is 17.7 Å². The van der Waals surface area contributed by atoms with E-state index in [-0.39, 0.29) is 12.0 Å². The van der Waals surface area contributed by atoms with Crippen LogP contribution in [0.2, 0.25) is 0 Å². The van der Waals surface area contributed by atoms with Crippen molar-refractivity contribution < 1.29 is 9.53 Å². The van der Waals surface area contributed by atoms with Gasteiger partial charge in [0.2, 0.25) is 5.91 Å². The lowest BCUT2D eigenvalue weighted by Gasteiger charge is -2.13. The second-order valence-corrected chi connectivity index (χ2v) is 6.60. The predicted octanol–water partition coefficient (Wildman–Crippen LogP) is 3.93. The van der Waals surface area contributed by atoms with Crippen LogP contribution in [0.5, 0.6) is 0 Å². The monoisotopic (exact) mass is 354 g/mol. The summed E-state index contributed by atoms with van der Waals surface area (Å²) in [6, 6.07) is 19.4. The molecule has 0 heterocycles. The van der Waals surface area contributed by atoms with Crippen molar-refractivity contribution in [3.63, 3.8) is 0 Å². The lowest BCUT2D eigenvalue weighted by molar-refractivity contribution is -0.118. The molecule has 0 saturated carbocycles. The minimum absolute atomic E-state index is 0.00506. The molecule has 2 aromatic rings. The fraction of sp³-hybridized carbons (Fsp3) is 0.300. The van der Waals surface area contributed by atoms with E-state index in [9.17, 15) is 4.79 Å². The van der Waals surface area contributed by atoms with Crippen molar-refractivity contribution in [3.8, 4) is 6.07 Å². The van der Waals surface area contributed by atoms with Crippen LogP contribution in [0.3, 0.4) is 0 Å². The molecule has 0 aliphatic carbocycles. The molecule has 0 aliphatic heterocycles. The van der Waals surface area contributed by atoms with Gasteiger partial charge in [0.1, 0.15) is 0 Å². The SMILES string of the molecule is CC(OCCCNC(=O)CSc1ccc(C#N)cc1)c1ccccc1. The Balaban J connectivity index is 1.57. The maximum absolute atomic E-state index is 11.8. The van der Waals surface area contributed by atoms with E-state index in [1.807, 2.05) is 49.4 Å². The number of carbonyl (C=O) groups is 1. The molecule has 0 radical (unpaired) electrons. The number of thioether (sulfide) groups is 1. The van der Waals surface area contributed by atoms with Crippen molar-refractivity contribution in [2.45, 2.75) is 24.3 Å². The lowest BCUT2D eigenvalue weighted by atomic mass is 10.1. The second kappa shape index (κ2) is 10.5. The van der Waals surface area contributed by atoms with Gasteiger partial charge in [-0.05, 0) is 43.2 Å². The molecular weight excluding hydrogens is 332 g/mol. The van der Waals surface area contributed by atoms with Gasteiger partial charge in [-0.15, -0.1) is 11.8 Å². The number of rotatable bonds is 9. The summed E-state index contributed by atoms with van der Waals surface area (Å²) in [5.74, 6) is 0.373. The zero-order chi connectivity index (χ0) is 17.9. The van der Waals surface area contributed by atoms with Crippen LogP contribution >= 0.6 is 11.8 Å². The van der Waals surface area contributed by atoms with Crippen molar-refractivity contribution in [1.29, 1.82) is 5.26 Å². The van der Waals surface area contributed by atoms with Gasteiger partial charge in [0.25, 0.3) is 0 Å². The predicted molar refractivity (Wildman–Crippen MR) is 100 cm³/mol. The number of nitrogens with one attached hydrogen (secondary N) is 1. The van der Waals surface area contributed by atoms with Crippen molar-refractivity contribution in [2.24, 2.45) is 0 Å². The molecule has 2 rings (SSSR count). The molecule has 1 amide bonds. The highest BCUT2D eigenvalue weighted by Gasteiger charge is 2.05. The summed E-state index contributed by atoms with van der Waals surface area (Å²) >= 11 is 1.46. The van der Waals surface area contributed by atoms with E-state index in [0.29, 0.717) is 24.5 Å². The summed E-state index contributed by atoms with van der Waals surface area (Å²) in [6.45, 7) is 3.25. The van der Waals surface area contributed by atoms with Crippen LogP contribution < -0.4 is 5.32 Å². The van der Waals surface area contributed by atoms with Gasteiger partial charge in [-0.3, -0.25) is 4.79 Å². The highest BCUT2D eigenvalue weighted by atomic mass is 32.2. The number of hydrogen-bond acceptors (Lipinski definition) is 4. The Morgan fingerprint density at radius 3 is 2.60 bits per heavy atom. The number of ether oxygens (including phenoxy) is 1. The molecular formula is C20H22N2O2S. The first kappa shape index (κ1) is 19.0. The number of carbonyl (C=O) groups excluding carboxylic acids is 1. The smallest absolute Gasteiger partial charge is 0.230 e. The molecule has 2 aromatic carbocycles. The van der Waals surface area contributed by atoms with Crippen molar-refractivity contribution in [3.05, 3.63) is 65.7 Å². The average Bonchev–Trinajstić information content (AvgIpc) is 2.67. The molecule has 25 heavy (non-hydrogen) atoms. The van der Waals surface area contributed by atoms with Crippen LogP contribution in [0.25, 0.3) is 0 Å². The highest BCUT2D eigenvalue weighted by molar-refractivity contribution is 8.00. The molecule has 1 N–H and O–H groups in total. The summed E-state index contributed by atoms with van der Waals surface area (Å²) in [6.07, 6.45) is 0.841. The second-order valence-electron chi connectivity index (χ2n) is 5.55. The number of amides is 1. The molecule has 0 aromatic heterocycles. The molecule has 0 bridgehead atoms. The first-order chi connectivity index (χ1) is 12.2. The van der Waals surface area contributed by atoms with E-state index < -0.39 is 0 Å². The molecule has 1 atom stereocenters. The number of nitrogens with zero attached hydrogens (tertiary/aromatic N) is 1. The summed E-state index contributed by atoms with van der Waals surface area (Å²) in [5.41, 5.74) is 1.78. The van der Waals surface area contributed by atoms with E-state index in [4.69, 9.17) is 10.00 Å². The standard InChI is InChI=1S/C20H22N2O2S/c1-16(18-6-3-2-4-7-18)24-13-5-12-22-20(23)15-25-19-10-8-17(14-21)9-11-19/h2-4,6-11,16H,5,12-13,15H2,1H3,(H,22,23). The van der Waals surface area contributed by atoms with Crippen LogP contribution in [0.4, 0.5) is 0 Å². The van der Waals surface area contributed by atoms with Crippen LogP contribution in [-0.2, 0) is 9.53 Å². The van der Waals surface area contributed by atoms with Gasteiger partial charge in [-0.1, -0.05) is 30.3 Å². The Morgan fingerprint density at radius 2 is 1.92 bits per heavy atom. The molecule has 4 nitrogen and oxygen atoms in total. The third-order valence-electron chi connectivity index (χ3n) is 3.63. The number of nitriles is 1. The summed E-state index contributed by atoms with van der Waals surface area (Å²) in [7, 11) is 0. The van der Waals surface area contributed by atoms with Gasteiger partial charge >= 0.3 is 0 Å². The number of benzene rings is 2. The topological polar surface area (TPSA) is 62.1 Å². The Hall–Kier alpha value is -2.29. The Bertz CT molecular complexity index is 696. The van der Waals surface area contributed by atoms with Crippen LogP contribution in [0, 0.1) is 11.3 Å². The van der Waals surface area contributed by atoms with E-state index in [2.05, 4.69) is 11.4 Å². The van der Waals surface area contributed by atoms with Gasteiger partial charge in [0.15, 0.2) is 0 Å². The van der Waals surface area contributed by atoms with Crippen molar-refractivity contribution in [2.75, 3.05) is 18.9 Å². The molecule has 0 fully saturated rings. The van der Waals surface area contributed by atoms with Crippen molar-refractivity contribution in [1.82, 2.24) is 5.32 Å². The maximum Gasteiger partial charge on any atom is 0.230 e.